The maximum absolute atomic E-state index is 12.4. The molecule has 0 aliphatic carbocycles. The van der Waals surface area contributed by atoms with Gasteiger partial charge in [0.1, 0.15) is 6.54 Å². The van der Waals surface area contributed by atoms with Gasteiger partial charge in [-0.05, 0) is 16.3 Å². The van der Waals surface area contributed by atoms with Crippen LogP contribution in [0.5, 0.6) is 0 Å². The Labute approximate surface area is 180 Å². The van der Waals surface area contributed by atoms with Crippen LogP contribution in [0, 0.1) is 0 Å². The fourth-order valence-electron chi connectivity index (χ4n) is 3.12. The Bertz CT molecular complexity index is 1100. The summed E-state index contributed by atoms with van der Waals surface area (Å²) < 4.78 is 0. The van der Waals surface area contributed by atoms with E-state index in [1.165, 1.54) is 4.80 Å². The van der Waals surface area contributed by atoms with E-state index in [1.807, 2.05) is 91.0 Å². The minimum atomic E-state index is -0.310. The van der Waals surface area contributed by atoms with Crippen molar-refractivity contribution in [1.82, 2.24) is 25.6 Å². The zero-order chi connectivity index (χ0) is 21.3. The van der Waals surface area contributed by atoms with Crippen molar-refractivity contribution < 1.29 is 4.79 Å². The Balaban J connectivity index is 1.42. The molecule has 1 amide bonds. The lowest BCUT2D eigenvalue weighted by atomic mass is 10.0. The third-order valence-corrected chi connectivity index (χ3v) is 4.61. The van der Waals surface area contributed by atoms with Gasteiger partial charge < -0.3 is 0 Å². The third kappa shape index (κ3) is 5.93. The maximum atomic E-state index is 12.4. The van der Waals surface area contributed by atoms with Gasteiger partial charge in [-0.15, -0.1) is 10.2 Å². The Morgan fingerprint density at radius 2 is 1.35 bits per heavy atom. The molecule has 1 aromatic heterocycles. The first kappa shape index (κ1) is 20.2. The number of hydrazone groups is 1. The van der Waals surface area contributed by atoms with Gasteiger partial charge in [-0.3, -0.25) is 4.79 Å². The Hall–Kier alpha value is -4.13. The minimum absolute atomic E-state index is 0.0622. The predicted molar refractivity (Wildman–Crippen MR) is 119 cm³/mol. The van der Waals surface area contributed by atoms with Crippen molar-refractivity contribution >= 4 is 11.6 Å². The van der Waals surface area contributed by atoms with Crippen LogP contribution in [0.15, 0.2) is 96.1 Å². The summed E-state index contributed by atoms with van der Waals surface area (Å²) in [6.45, 7) is -0.0622. The monoisotopic (exact) mass is 410 g/mol. The number of amides is 1. The van der Waals surface area contributed by atoms with Crippen LogP contribution in [0.25, 0.3) is 11.4 Å². The highest BCUT2D eigenvalue weighted by atomic mass is 16.2. The summed E-state index contributed by atoms with van der Waals surface area (Å²) in [6.07, 6.45) is 1.30. The van der Waals surface area contributed by atoms with Crippen molar-refractivity contribution in [2.45, 2.75) is 19.4 Å². The highest BCUT2D eigenvalue weighted by Crippen LogP contribution is 2.11. The molecule has 1 N–H and O–H groups in total. The summed E-state index contributed by atoms with van der Waals surface area (Å²) in [4.78, 5) is 13.7. The van der Waals surface area contributed by atoms with Gasteiger partial charge in [-0.25, -0.2) is 5.43 Å². The molecular weight excluding hydrogens is 388 g/mol. The summed E-state index contributed by atoms with van der Waals surface area (Å²) >= 11 is 0. The van der Waals surface area contributed by atoms with E-state index in [0.717, 1.165) is 22.4 Å². The Morgan fingerprint density at radius 3 is 1.94 bits per heavy atom. The van der Waals surface area contributed by atoms with Crippen molar-refractivity contribution in [3.05, 3.63) is 102 Å². The average Bonchev–Trinajstić information content (AvgIpc) is 3.28. The summed E-state index contributed by atoms with van der Waals surface area (Å²) in [5.41, 5.74) is 6.62. The van der Waals surface area contributed by atoms with Gasteiger partial charge in [-0.1, -0.05) is 91.0 Å². The largest absolute Gasteiger partial charge is 0.271 e. The molecule has 0 atom stereocenters. The lowest BCUT2D eigenvalue weighted by Gasteiger charge is -2.08. The second-order valence-electron chi connectivity index (χ2n) is 7.05. The number of benzene rings is 3. The van der Waals surface area contributed by atoms with Gasteiger partial charge in [0, 0.05) is 24.1 Å². The van der Waals surface area contributed by atoms with E-state index in [4.69, 9.17) is 0 Å². The number of nitrogens with zero attached hydrogens (tertiary/aromatic N) is 5. The van der Waals surface area contributed by atoms with Gasteiger partial charge in [0.15, 0.2) is 0 Å². The van der Waals surface area contributed by atoms with Crippen molar-refractivity contribution in [3.63, 3.8) is 0 Å². The Morgan fingerprint density at radius 1 is 0.806 bits per heavy atom. The number of nitrogens with one attached hydrogen (secondary N) is 1. The van der Waals surface area contributed by atoms with Crippen LogP contribution in [0.2, 0.25) is 0 Å². The molecule has 7 nitrogen and oxygen atoms in total. The molecule has 4 rings (SSSR count). The minimum Gasteiger partial charge on any atom is -0.271 e. The van der Waals surface area contributed by atoms with Gasteiger partial charge in [0.2, 0.25) is 5.82 Å². The highest BCUT2D eigenvalue weighted by molar-refractivity contribution is 5.89. The predicted octanol–water partition coefficient (Wildman–Crippen LogP) is 3.30. The maximum Gasteiger partial charge on any atom is 0.263 e. The number of hydrogen-bond acceptors (Lipinski definition) is 5. The standard InChI is InChI=1S/C24H22N6O/c31-23(18-30-28-24(27-29-30)21-14-8-3-9-15-21)26-25-22(16-19-10-4-1-5-11-19)17-20-12-6-2-7-13-20/h1-15H,16-18H2,(H,26,31). The normalized spacial score (nSPS) is 10.5. The number of aromatic nitrogens is 4. The first-order valence-corrected chi connectivity index (χ1v) is 10.0. The average molecular weight is 410 g/mol. The summed E-state index contributed by atoms with van der Waals surface area (Å²) in [6, 6.07) is 29.6. The molecule has 0 radical (unpaired) electrons. The molecule has 0 spiro atoms. The van der Waals surface area contributed by atoms with Gasteiger partial charge in [0.25, 0.3) is 5.91 Å². The fraction of sp³-hybridized carbons (Fsp3) is 0.125. The van der Waals surface area contributed by atoms with Crippen LogP contribution in [0.3, 0.4) is 0 Å². The van der Waals surface area contributed by atoms with E-state index < -0.39 is 0 Å². The SMILES string of the molecule is O=C(Cn1nnc(-c2ccccc2)n1)NN=C(Cc1ccccc1)Cc1ccccc1. The summed E-state index contributed by atoms with van der Waals surface area (Å²) in [5.74, 6) is 0.168. The zero-order valence-electron chi connectivity index (χ0n) is 16.9. The lowest BCUT2D eigenvalue weighted by molar-refractivity contribution is -0.122. The molecule has 0 bridgehead atoms. The van der Waals surface area contributed by atoms with Crippen LogP contribution in [0.4, 0.5) is 0 Å². The summed E-state index contributed by atoms with van der Waals surface area (Å²) in [5, 5.41) is 16.6. The molecule has 4 aromatic rings. The molecule has 0 aliphatic rings. The lowest BCUT2D eigenvalue weighted by Crippen LogP contribution is -2.26. The number of hydrogen-bond donors (Lipinski definition) is 1. The van der Waals surface area contributed by atoms with Crippen molar-refractivity contribution in [3.8, 4) is 11.4 Å². The molecule has 1 heterocycles. The van der Waals surface area contributed by atoms with Crippen LogP contribution in [-0.2, 0) is 24.2 Å². The number of carbonyl (C=O) groups excluding carboxylic acids is 1. The number of tetrazole rings is 1. The van der Waals surface area contributed by atoms with E-state index in [2.05, 4.69) is 25.9 Å². The Kier molecular flexibility index (Phi) is 6.54. The first-order chi connectivity index (χ1) is 15.3. The van der Waals surface area contributed by atoms with Crippen molar-refractivity contribution in [1.29, 1.82) is 0 Å². The zero-order valence-corrected chi connectivity index (χ0v) is 16.9. The van der Waals surface area contributed by atoms with Gasteiger partial charge >= 0.3 is 0 Å². The molecule has 0 aliphatic heterocycles. The molecule has 31 heavy (non-hydrogen) atoms. The van der Waals surface area contributed by atoms with E-state index in [1.54, 1.807) is 0 Å². The quantitative estimate of drug-likeness (QED) is 0.357. The number of carbonyl (C=O) groups is 1. The second kappa shape index (κ2) is 10.1. The van der Waals surface area contributed by atoms with Gasteiger partial charge in [-0.2, -0.15) is 9.90 Å². The van der Waals surface area contributed by atoms with E-state index in [-0.39, 0.29) is 12.5 Å². The van der Waals surface area contributed by atoms with Crippen molar-refractivity contribution in [2.24, 2.45) is 5.10 Å². The topological polar surface area (TPSA) is 85.1 Å². The molecule has 7 heteroatoms. The molecule has 0 saturated carbocycles. The number of rotatable bonds is 8. The molecule has 0 unspecified atom stereocenters. The van der Waals surface area contributed by atoms with Crippen LogP contribution in [0.1, 0.15) is 11.1 Å². The van der Waals surface area contributed by atoms with E-state index in [9.17, 15) is 4.79 Å². The van der Waals surface area contributed by atoms with Gasteiger partial charge in [0.05, 0.1) is 0 Å². The molecule has 154 valence electrons. The molecule has 0 fully saturated rings. The van der Waals surface area contributed by atoms with Crippen molar-refractivity contribution in [2.75, 3.05) is 0 Å². The molecule has 3 aromatic carbocycles. The van der Waals surface area contributed by atoms with E-state index in [0.29, 0.717) is 18.7 Å². The highest BCUT2D eigenvalue weighted by Gasteiger charge is 2.10. The third-order valence-electron chi connectivity index (χ3n) is 4.61. The smallest absolute Gasteiger partial charge is 0.263 e. The first-order valence-electron chi connectivity index (χ1n) is 10.0. The van der Waals surface area contributed by atoms with Crippen LogP contribution >= 0.6 is 0 Å². The fourth-order valence-corrected chi connectivity index (χ4v) is 3.12. The van der Waals surface area contributed by atoms with E-state index >= 15 is 0 Å². The van der Waals surface area contributed by atoms with Crippen LogP contribution in [-0.4, -0.2) is 31.8 Å². The second-order valence-corrected chi connectivity index (χ2v) is 7.05. The molecule has 0 saturated heterocycles. The van der Waals surface area contributed by atoms with Crippen LogP contribution < -0.4 is 5.43 Å². The summed E-state index contributed by atoms with van der Waals surface area (Å²) in [7, 11) is 0. The molecular formula is C24H22N6O.